The maximum absolute atomic E-state index is 12.8. The highest BCUT2D eigenvalue weighted by molar-refractivity contribution is 6.04. The summed E-state index contributed by atoms with van der Waals surface area (Å²) in [6.45, 7) is 0. The van der Waals surface area contributed by atoms with Crippen LogP contribution >= 0.6 is 0 Å². The Hall–Kier alpha value is -4.86. The van der Waals surface area contributed by atoms with Gasteiger partial charge in [-0.05, 0) is 36.4 Å². The number of carbonyl (C=O) groups is 1. The molecule has 2 N–H and O–H groups in total. The van der Waals surface area contributed by atoms with Gasteiger partial charge in [0.1, 0.15) is 28.7 Å². The van der Waals surface area contributed by atoms with Crippen molar-refractivity contribution in [3.05, 3.63) is 92.8 Å². The maximum Gasteiger partial charge on any atom is 0.272 e. The van der Waals surface area contributed by atoms with Crippen molar-refractivity contribution in [2.45, 2.75) is 0 Å². The highest BCUT2D eigenvalue weighted by Crippen LogP contribution is 2.28. The standard InChI is InChI=1S/C24H19N3O7/c1-32-18-11-19-23(22(12-18)33-2)21(28)13-20(26-19)24(29)25-14-3-7-16(8-4-14)34-17-9-5-15(6-10-17)27(30)31/h3-13H,1-2H3,(H,25,29)(H,26,28). The molecule has 0 saturated carbocycles. The highest BCUT2D eigenvalue weighted by atomic mass is 16.6. The molecule has 0 atom stereocenters. The number of nitrogens with zero attached hydrogens (tertiary/aromatic N) is 1. The third kappa shape index (κ3) is 4.65. The molecule has 4 rings (SSSR count). The van der Waals surface area contributed by atoms with Crippen LogP contribution in [0.1, 0.15) is 10.5 Å². The molecule has 0 radical (unpaired) electrons. The zero-order chi connectivity index (χ0) is 24.2. The molecule has 172 valence electrons. The van der Waals surface area contributed by atoms with Crippen LogP contribution in [0, 0.1) is 10.1 Å². The van der Waals surface area contributed by atoms with Crippen molar-refractivity contribution >= 4 is 28.2 Å². The van der Waals surface area contributed by atoms with Gasteiger partial charge in [0.05, 0.1) is 30.0 Å². The first-order valence-corrected chi connectivity index (χ1v) is 10.0. The Balaban J connectivity index is 1.51. The molecule has 0 bridgehead atoms. The van der Waals surface area contributed by atoms with Gasteiger partial charge < -0.3 is 24.5 Å². The van der Waals surface area contributed by atoms with Crippen molar-refractivity contribution in [2.75, 3.05) is 19.5 Å². The number of nitrogens with one attached hydrogen (secondary N) is 2. The minimum Gasteiger partial charge on any atom is -0.497 e. The van der Waals surface area contributed by atoms with Crippen molar-refractivity contribution in [3.8, 4) is 23.0 Å². The van der Waals surface area contributed by atoms with Crippen molar-refractivity contribution in [1.29, 1.82) is 0 Å². The van der Waals surface area contributed by atoms with Crippen LogP contribution in [0.4, 0.5) is 11.4 Å². The third-order valence-electron chi connectivity index (χ3n) is 4.96. The number of nitro benzene ring substituents is 1. The van der Waals surface area contributed by atoms with Crippen LogP contribution in [0.25, 0.3) is 10.9 Å². The first kappa shape index (κ1) is 22.3. The largest absolute Gasteiger partial charge is 0.497 e. The van der Waals surface area contributed by atoms with E-state index >= 15 is 0 Å². The van der Waals surface area contributed by atoms with Crippen molar-refractivity contribution in [2.24, 2.45) is 0 Å². The topological polar surface area (TPSA) is 133 Å². The van der Waals surface area contributed by atoms with Gasteiger partial charge in [0.2, 0.25) is 0 Å². The molecule has 10 heteroatoms. The lowest BCUT2D eigenvalue weighted by Gasteiger charge is -2.11. The zero-order valence-electron chi connectivity index (χ0n) is 18.2. The molecule has 0 unspecified atom stereocenters. The number of hydrogen-bond acceptors (Lipinski definition) is 7. The van der Waals surface area contributed by atoms with Crippen LogP contribution in [0.2, 0.25) is 0 Å². The molecule has 4 aromatic rings. The predicted molar refractivity (Wildman–Crippen MR) is 125 cm³/mol. The van der Waals surface area contributed by atoms with E-state index in [2.05, 4.69) is 10.3 Å². The summed E-state index contributed by atoms with van der Waals surface area (Å²) < 4.78 is 16.2. The fourth-order valence-corrected chi connectivity index (χ4v) is 3.31. The molecule has 1 aromatic heterocycles. The average Bonchev–Trinajstić information content (AvgIpc) is 2.84. The molecule has 0 saturated heterocycles. The van der Waals surface area contributed by atoms with Crippen LogP contribution in [-0.2, 0) is 0 Å². The molecule has 0 spiro atoms. The first-order valence-electron chi connectivity index (χ1n) is 10.0. The number of rotatable bonds is 7. The molecule has 1 heterocycles. The SMILES string of the molecule is COc1cc(OC)c2c(=O)cc(C(=O)Nc3ccc(Oc4ccc([N+](=O)[O-])cc4)cc3)[nH]c2c1. The minimum atomic E-state index is -0.509. The van der Waals surface area contributed by atoms with E-state index in [1.807, 2.05) is 0 Å². The summed E-state index contributed by atoms with van der Waals surface area (Å²) in [6, 6.07) is 16.6. The van der Waals surface area contributed by atoms with Crippen molar-refractivity contribution in [1.82, 2.24) is 4.98 Å². The number of aromatic amines is 1. The van der Waals surface area contributed by atoms with Gasteiger partial charge in [-0.1, -0.05) is 0 Å². The summed E-state index contributed by atoms with van der Waals surface area (Å²) in [5.74, 6) is 1.21. The molecule has 34 heavy (non-hydrogen) atoms. The summed E-state index contributed by atoms with van der Waals surface area (Å²) in [7, 11) is 2.94. The van der Waals surface area contributed by atoms with E-state index in [0.29, 0.717) is 39.6 Å². The molecular formula is C24H19N3O7. The second-order valence-electron chi connectivity index (χ2n) is 7.13. The van der Waals surface area contributed by atoms with Gasteiger partial charge in [0, 0.05) is 36.0 Å². The Morgan fingerprint density at radius 3 is 2.15 bits per heavy atom. The van der Waals surface area contributed by atoms with E-state index in [1.165, 1.54) is 44.6 Å². The first-order chi connectivity index (χ1) is 16.4. The summed E-state index contributed by atoms with van der Waals surface area (Å²) in [5, 5.41) is 13.8. The Labute approximate surface area is 192 Å². The fraction of sp³-hybridized carbons (Fsp3) is 0.0833. The van der Waals surface area contributed by atoms with E-state index in [4.69, 9.17) is 14.2 Å². The van der Waals surface area contributed by atoms with Crippen LogP contribution < -0.4 is 25.0 Å². The second-order valence-corrected chi connectivity index (χ2v) is 7.13. The van der Waals surface area contributed by atoms with Crippen molar-refractivity contribution in [3.63, 3.8) is 0 Å². The number of pyridine rings is 1. The summed E-state index contributed by atoms with van der Waals surface area (Å²) in [4.78, 5) is 38.6. The number of amides is 1. The number of nitro groups is 1. The Morgan fingerprint density at radius 1 is 0.912 bits per heavy atom. The number of anilines is 1. The van der Waals surface area contributed by atoms with Crippen molar-refractivity contribution < 1.29 is 23.9 Å². The number of benzene rings is 3. The third-order valence-corrected chi connectivity index (χ3v) is 4.96. The molecule has 1 amide bonds. The Bertz CT molecular complexity index is 1430. The van der Waals surface area contributed by atoms with Gasteiger partial charge >= 0.3 is 0 Å². The number of H-pyrrole nitrogens is 1. The second kappa shape index (κ2) is 9.33. The Morgan fingerprint density at radius 2 is 1.56 bits per heavy atom. The number of ether oxygens (including phenoxy) is 3. The van der Waals surface area contributed by atoms with E-state index < -0.39 is 10.8 Å². The lowest BCUT2D eigenvalue weighted by molar-refractivity contribution is -0.384. The van der Waals surface area contributed by atoms with Gasteiger partial charge in [-0.15, -0.1) is 0 Å². The number of non-ortho nitro benzene ring substituents is 1. The summed E-state index contributed by atoms with van der Waals surface area (Å²) in [6.07, 6.45) is 0. The summed E-state index contributed by atoms with van der Waals surface area (Å²) in [5.41, 5.74) is 0.546. The maximum atomic E-state index is 12.8. The van der Waals surface area contributed by atoms with Crippen LogP contribution in [0.15, 0.2) is 71.5 Å². The average molecular weight is 461 g/mol. The van der Waals surface area contributed by atoms with Crippen LogP contribution in [0.5, 0.6) is 23.0 Å². The molecular weight excluding hydrogens is 442 g/mol. The number of aromatic nitrogens is 1. The minimum absolute atomic E-state index is 0.0333. The predicted octanol–water partition coefficient (Wildman–Crippen LogP) is 4.50. The smallest absolute Gasteiger partial charge is 0.272 e. The lowest BCUT2D eigenvalue weighted by Crippen LogP contribution is -2.17. The normalized spacial score (nSPS) is 10.5. The Kier molecular flexibility index (Phi) is 6.13. The van der Waals surface area contributed by atoms with E-state index in [1.54, 1.807) is 36.4 Å². The van der Waals surface area contributed by atoms with Gasteiger partial charge in [-0.25, -0.2) is 0 Å². The van der Waals surface area contributed by atoms with E-state index in [0.717, 1.165) is 0 Å². The van der Waals surface area contributed by atoms with Gasteiger partial charge in [-0.3, -0.25) is 19.7 Å². The number of carbonyl (C=O) groups excluding carboxylic acids is 1. The lowest BCUT2D eigenvalue weighted by atomic mass is 10.1. The molecule has 10 nitrogen and oxygen atoms in total. The van der Waals surface area contributed by atoms with E-state index in [-0.39, 0.29) is 16.8 Å². The number of hydrogen-bond donors (Lipinski definition) is 2. The quantitative estimate of drug-likeness (QED) is 0.306. The van der Waals surface area contributed by atoms with Gasteiger partial charge in [-0.2, -0.15) is 0 Å². The number of methoxy groups -OCH3 is 2. The molecule has 0 aliphatic rings. The van der Waals surface area contributed by atoms with Crippen LogP contribution in [-0.4, -0.2) is 30.0 Å². The monoisotopic (exact) mass is 461 g/mol. The van der Waals surface area contributed by atoms with Gasteiger partial charge in [0.15, 0.2) is 5.43 Å². The summed E-state index contributed by atoms with van der Waals surface area (Å²) >= 11 is 0. The highest BCUT2D eigenvalue weighted by Gasteiger charge is 2.15. The van der Waals surface area contributed by atoms with Gasteiger partial charge in [0.25, 0.3) is 11.6 Å². The molecule has 3 aromatic carbocycles. The molecule has 0 aliphatic carbocycles. The zero-order valence-corrected chi connectivity index (χ0v) is 18.2. The number of fused-ring (bicyclic) bond motifs is 1. The molecule has 0 aliphatic heterocycles. The molecule has 0 fully saturated rings. The van der Waals surface area contributed by atoms with Crippen LogP contribution in [0.3, 0.4) is 0 Å². The van der Waals surface area contributed by atoms with E-state index in [9.17, 15) is 19.7 Å². The fourth-order valence-electron chi connectivity index (χ4n) is 3.31.